The molecule has 150 valence electrons. The first-order valence-electron chi connectivity index (χ1n) is 8.72. The van der Waals surface area contributed by atoms with Gasteiger partial charge in [-0.05, 0) is 29.8 Å². The number of carbonyl (C=O) groups excluding carboxylic acids is 2. The maximum absolute atomic E-state index is 12.1. The molecule has 2 aromatic carbocycles. The van der Waals surface area contributed by atoms with Crippen molar-refractivity contribution < 1.29 is 28.7 Å². The fraction of sp³-hybridized carbons (Fsp3) is 0.200. The Labute approximate surface area is 166 Å². The van der Waals surface area contributed by atoms with Crippen LogP contribution in [-0.2, 0) is 11.3 Å². The molecule has 0 saturated heterocycles. The SMILES string of the molecule is COC(=O)c1ccc(OCc2noc(C(=O)NC[C@@H](O)c3ccccc3)n2)cc1. The van der Waals surface area contributed by atoms with Crippen molar-refractivity contribution in [3.05, 3.63) is 77.4 Å². The number of nitrogens with one attached hydrogen (secondary N) is 1. The smallest absolute Gasteiger partial charge is 0.337 e. The Morgan fingerprint density at radius 3 is 2.55 bits per heavy atom. The number of hydrogen-bond acceptors (Lipinski definition) is 8. The second-order valence-corrected chi connectivity index (χ2v) is 5.96. The first-order valence-corrected chi connectivity index (χ1v) is 8.72. The number of aliphatic hydroxyl groups excluding tert-OH is 1. The van der Waals surface area contributed by atoms with Crippen molar-refractivity contribution in [2.24, 2.45) is 0 Å². The van der Waals surface area contributed by atoms with Gasteiger partial charge in [-0.2, -0.15) is 4.98 Å². The quantitative estimate of drug-likeness (QED) is 0.553. The second kappa shape index (κ2) is 9.47. The van der Waals surface area contributed by atoms with E-state index in [1.807, 2.05) is 6.07 Å². The number of ether oxygens (including phenoxy) is 2. The summed E-state index contributed by atoms with van der Waals surface area (Å²) in [6.07, 6.45) is -0.848. The van der Waals surface area contributed by atoms with E-state index < -0.39 is 18.0 Å². The topological polar surface area (TPSA) is 124 Å². The number of methoxy groups -OCH3 is 1. The molecule has 0 aliphatic rings. The van der Waals surface area contributed by atoms with Crippen LogP contribution in [0.2, 0.25) is 0 Å². The van der Waals surface area contributed by atoms with E-state index in [1.54, 1.807) is 48.5 Å². The number of nitrogens with zero attached hydrogens (tertiary/aromatic N) is 2. The van der Waals surface area contributed by atoms with E-state index in [0.29, 0.717) is 16.9 Å². The van der Waals surface area contributed by atoms with Crippen molar-refractivity contribution in [2.75, 3.05) is 13.7 Å². The highest BCUT2D eigenvalue weighted by molar-refractivity contribution is 5.89. The van der Waals surface area contributed by atoms with Gasteiger partial charge in [-0.25, -0.2) is 4.79 Å². The van der Waals surface area contributed by atoms with E-state index >= 15 is 0 Å². The molecule has 9 nitrogen and oxygen atoms in total. The van der Waals surface area contributed by atoms with Crippen molar-refractivity contribution in [1.29, 1.82) is 0 Å². The van der Waals surface area contributed by atoms with Gasteiger partial charge in [0.05, 0.1) is 18.8 Å². The zero-order chi connectivity index (χ0) is 20.6. The van der Waals surface area contributed by atoms with Gasteiger partial charge in [-0.1, -0.05) is 35.5 Å². The summed E-state index contributed by atoms with van der Waals surface area (Å²) in [6, 6.07) is 15.3. The lowest BCUT2D eigenvalue weighted by Crippen LogP contribution is -2.28. The van der Waals surface area contributed by atoms with Crippen LogP contribution >= 0.6 is 0 Å². The van der Waals surface area contributed by atoms with Gasteiger partial charge in [0.15, 0.2) is 6.61 Å². The molecule has 9 heteroatoms. The molecule has 2 N–H and O–H groups in total. The van der Waals surface area contributed by atoms with Crippen LogP contribution < -0.4 is 10.1 Å². The Morgan fingerprint density at radius 1 is 1.14 bits per heavy atom. The first-order chi connectivity index (χ1) is 14.1. The summed E-state index contributed by atoms with van der Waals surface area (Å²) in [6.45, 7) is -0.0232. The van der Waals surface area contributed by atoms with Crippen LogP contribution in [0.5, 0.6) is 5.75 Å². The summed E-state index contributed by atoms with van der Waals surface area (Å²) >= 11 is 0. The van der Waals surface area contributed by atoms with Gasteiger partial charge in [-0.15, -0.1) is 0 Å². The highest BCUT2D eigenvalue weighted by Gasteiger charge is 2.17. The molecule has 0 unspecified atom stereocenters. The van der Waals surface area contributed by atoms with Gasteiger partial charge in [0.1, 0.15) is 5.75 Å². The molecule has 1 heterocycles. The van der Waals surface area contributed by atoms with E-state index in [1.165, 1.54) is 7.11 Å². The zero-order valence-corrected chi connectivity index (χ0v) is 15.6. The van der Waals surface area contributed by atoms with Crippen molar-refractivity contribution in [1.82, 2.24) is 15.5 Å². The fourth-order valence-corrected chi connectivity index (χ4v) is 2.42. The summed E-state index contributed by atoms with van der Waals surface area (Å²) in [5.74, 6) is -0.607. The highest BCUT2D eigenvalue weighted by atomic mass is 16.5. The third kappa shape index (κ3) is 5.39. The van der Waals surface area contributed by atoms with Gasteiger partial charge in [0.25, 0.3) is 0 Å². The third-order valence-electron chi connectivity index (χ3n) is 3.95. The molecule has 1 amide bonds. The van der Waals surface area contributed by atoms with E-state index in [0.717, 1.165) is 0 Å². The molecule has 29 heavy (non-hydrogen) atoms. The monoisotopic (exact) mass is 397 g/mol. The molecule has 0 spiro atoms. The lowest BCUT2D eigenvalue weighted by atomic mass is 10.1. The molecule has 0 bridgehead atoms. The largest absolute Gasteiger partial charge is 0.485 e. The number of carbonyl (C=O) groups is 2. The minimum atomic E-state index is -0.848. The number of rotatable bonds is 8. The van der Waals surface area contributed by atoms with Gasteiger partial charge in [0.2, 0.25) is 5.82 Å². The van der Waals surface area contributed by atoms with E-state index in [9.17, 15) is 14.7 Å². The van der Waals surface area contributed by atoms with Crippen molar-refractivity contribution >= 4 is 11.9 Å². The molecule has 0 aliphatic heterocycles. The first kappa shape index (κ1) is 20.0. The maximum atomic E-state index is 12.1. The molecular formula is C20H19N3O6. The molecule has 3 rings (SSSR count). The van der Waals surface area contributed by atoms with Crippen LogP contribution in [0.15, 0.2) is 59.1 Å². The molecule has 1 atom stereocenters. The number of esters is 1. The maximum Gasteiger partial charge on any atom is 0.337 e. The molecule has 1 aromatic heterocycles. The van der Waals surface area contributed by atoms with Crippen LogP contribution in [0.4, 0.5) is 0 Å². The Hall–Kier alpha value is -3.72. The van der Waals surface area contributed by atoms with Crippen molar-refractivity contribution in [3.8, 4) is 5.75 Å². The summed E-state index contributed by atoms with van der Waals surface area (Å²) in [5.41, 5.74) is 1.08. The standard InChI is InChI=1S/C20H19N3O6/c1-27-20(26)14-7-9-15(10-8-14)28-12-17-22-19(29-23-17)18(25)21-11-16(24)13-5-3-2-4-6-13/h2-10,16,24H,11-12H2,1H3,(H,21,25)/t16-/m1/s1. The predicted molar refractivity (Wildman–Crippen MR) is 100 cm³/mol. The van der Waals surface area contributed by atoms with Gasteiger partial charge < -0.3 is 24.4 Å². The van der Waals surface area contributed by atoms with Gasteiger partial charge >= 0.3 is 17.8 Å². The number of benzene rings is 2. The second-order valence-electron chi connectivity index (χ2n) is 5.96. The lowest BCUT2D eigenvalue weighted by Gasteiger charge is -2.10. The molecule has 3 aromatic rings. The van der Waals surface area contributed by atoms with Crippen LogP contribution in [-0.4, -0.2) is 40.8 Å². The average Bonchev–Trinajstić information content (AvgIpc) is 3.25. The number of aliphatic hydroxyl groups is 1. The molecule has 0 fully saturated rings. The number of hydrogen-bond donors (Lipinski definition) is 2. The van der Waals surface area contributed by atoms with E-state index in [2.05, 4.69) is 20.2 Å². The molecule has 0 radical (unpaired) electrons. The number of amides is 1. The van der Waals surface area contributed by atoms with Gasteiger partial charge in [0, 0.05) is 6.54 Å². The van der Waals surface area contributed by atoms with Crippen LogP contribution in [0.3, 0.4) is 0 Å². The minimum Gasteiger partial charge on any atom is -0.485 e. The Bertz CT molecular complexity index is 956. The fourth-order valence-electron chi connectivity index (χ4n) is 2.42. The summed E-state index contributed by atoms with van der Waals surface area (Å²) in [5, 5.41) is 16.3. The molecule has 0 aliphatic carbocycles. The predicted octanol–water partition coefficient (Wildman–Crippen LogP) is 1.90. The van der Waals surface area contributed by atoms with E-state index in [-0.39, 0.29) is 24.9 Å². The zero-order valence-electron chi connectivity index (χ0n) is 15.6. The Morgan fingerprint density at radius 2 is 1.86 bits per heavy atom. The average molecular weight is 397 g/mol. The van der Waals surface area contributed by atoms with E-state index in [4.69, 9.17) is 9.26 Å². The number of aromatic nitrogens is 2. The molecular weight excluding hydrogens is 378 g/mol. The van der Waals surface area contributed by atoms with Crippen LogP contribution in [0.1, 0.15) is 38.5 Å². The van der Waals surface area contributed by atoms with Crippen LogP contribution in [0, 0.1) is 0 Å². The van der Waals surface area contributed by atoms with Crippen molar-refractivity contribution in [3.63, 3.8) is 0 Å². The van der Waals surface area contributed by atoms with Crippen molar-refractivity contribution in [2.45, 2.75) is 12.7 Å². The highest BCUT2D eigenvalue weighted by Crippen LogP contribution is 2.14. The van der Waals surface area contributed by atoms with Crippen LogP contribution in [0.25, 0.3) is 0 Å². The summed E-state index contributed by atoms with van der Waals surface area (Å²) < 4.78 is 15.0. The summed E-state index contributed by atoms with van der Waals surface area (Å²) in [7, 11) is 1.30. The normalized spacial score (nSPS) is 11.5. The lowest BCUT2D eigenvalue weighted by molar-refractivity contribution is 0.0600. The Balaban J connectivity index is 1.49. The minimum absolute atomic E-state index is 0.00357. The third-order valence-corrected chi connectivity index (χ3v) is 3.95. The molecule has 0 saturated carbocycles. The Kier molecular flexibility index (Phi) is 6.54. The van der Waals surface area contributed by atoms with Gasteiger partial charge in [-0.3, -0.25) is 4.79 Å². The summed E-state index contributed by atoms with van der Waals surface area (Å²) in [4.78, 5) is 27.5.